The Balaban J connectivity index is 2.19. The Labute approximate surface area is 62.3 Å². The maximum Gasteiger partial charge on any atom is 0.280 e. The van der Waals surface area contributed by atoms with Gasteiger partial charge in [0.1, 0.15) is 6.21 Å². The number of nitrogens with zero attached hydrogens (tertiary/aromatic N) is 2. The Morgan fingerprint density at radius 1 is 1.60 bits per heavy atom. The van der Waals surface area contributed by atoms with Gasteiger partial charge in [-0.1, -0.05) is 18.8 Å². The first kappa shape index (κ1) is 7.45. The van der Waals surface area contributed by atoms with Crippen LogP contribution in [0.1, 0.15) is 20.3 Å². The highest BCUT2D eigenvalue weighted by atomic mass is 15.1. The summed E-state index contributed by atoms with van der Waals surface area (Å²) < 4.78 is 2.17. The van der Waals surface area contributed by atoms with Crippen molar-refractivity contribution in [1.82, 2.24) is 0 Å². The van der Waals surface area contributed by atoms with Crippen molar-refractivity contribution >= 4 is 12.6 Å². The van der Waals surface area contributed by atoms with Crippen LogP contribution in [0.15, 0.2) is 4.99 Å². The van der Waals surface area contributed by atoms with Crippen LogP contribution in [0.25, 0.3) is 0 Å². The molecule has 0 amide bonds. The second kappa shape index (κ2) is 3.49. The number of aliphatic imine (C=N–C) groups is 1. The number of rotatable bonds is 3. The van der Waals surface area contributed by atoms with Gasteiger partial charge in [-0.15, -0.1) is 0 Å². The van der Waals surface area contributed by atoms with Crippen molar-refractivity contribution in [3.8, 4) is 0 Å². The van der Waals surface area contributed by atoms with Crippen molar-refractivity contribution in [1.29, 1.82) is 0 Å². The Bertz CT molecular complexity index is 157. The zero-order chi connectivity index (χ0) is 7.40. The summed E-state index contributed by atoms with van der Waals surface area (Å²) in [7, 11) is 0. The lowest BCUT2D eigenvalue weighted by atomic mass is 10.1. The molecule has 0 saturated carbocycles. The SMILES string of the molecule is CC(C)CC[N+]1=CCN=C1. The van der Waals surface area contributed by atoms with Crippen molar-refractivity contribution in [3.05, 3.63) is 0 Å². The van der Waals surface area contributed by atoms with Crippen molar-refractivity contribution in [2.24, 2.45) is 10.9 Å². The quantitative estimate of drug-likeness (QED) is 0.521. The van der Waals surface area contributed by atoms with Gasteiger partial charge in [0.15, 0.2) is 6.54 Å². The van der Waals surface area contributed by atoms with E-state index in [2.05, 4.69) is 29.6 Å². The van der Waals surface area contributed by atoms with Crippen LogP contribution in [0.4, 0.5) is 0 Å². The molecule has 1 rings (SSSR count). The molecule has 0 fully saturated rings. The molecular formula is C8H15N2+. The molecule has 2 nitrogen and oxygen atoms in total. The van der Waals surface area contributed by atoms with Crippen molar-refractivity contribution in [3.63, 3.8) is 0 Å². The van der Waals surface area contributed by atoms with Gasteiger partial charge in [-0.25, -0.2) is 4.58 Å². The van der Waals surface area contributed by atoms with E-state index in [4.69, 9.17) is 0 Å². The molecule has 0 aromatic carbocycles. The van der Waals surface area contributed by atoms with Gasteiger partial charge in [0, 0.05) is 0 Å². The molecule has 0 atom stereocenters. The van der Waals surface area contributed by atoms with Gasteiger partial charge in [-0.05, 0) is 12.3 Å². The summed E-state index contributed by atoms with van der Waals surface area (Å²) >= 11 is 0. The third-order valence-electron chi connectivity index (χ3n) is 1.62. The molecule has 0 aromatic rings. The number of hydrogen-bond donors (Lipinski definition) is 0. The van der Waals surface area contributed by atoms with Crippen LogP contribution >= 0.6 is 0 Å². The lowest BCUT2D eigenvalue weighted by molar-refractivity contribution is -0.392. The Kier molecular flexibility index (Phi) is 2.60. The minimum Gasteiger partial charge on any atom is -0.237 e. The summed E-state index contributed by atoms with van der Waals surface area (Å²) in [4.78, 5) is 4.09. The van der Waals surface area contributed by atoms with Gasteiger partial charge >= 0.3 is 0 Å². The minimum atomic E-state index is 0.794. The monoisotopic (exact) mass is 139 g/mol. The van der Waals surface area contributed by atoms with E-state index in [1.54, 1.807) is 0 Å². The summed E-state index contributed by atoms with van der Waals surface area (Å²) in [5.41, 5.74) is 0. The molecule has 0 radical (unpaired) electrons. The molecule has 0 saturated heterocycles. The van der Waals surface area contributed by atoms with Crippen molar-refractivity contribution in [2.75, 3.05) is 13.1 Å². The predicted octanol–water partition coefficient (Wildman–Crippen LogP) is 1.16. The summed E-state index contributed by atoms with van der Waals surface area (Å²) in [6.45, 7) is 6.49. The maximum absolute atomic E-state index is 4.09. The molecule has 0 spiro atoms. The smallest absolute Gasteiger partial charge is 0.237 e. The van der Waals surface area contributed by atoms with E-state index in [9.17, 15) is 0 Å². The maximum atomic E-state index is 4.09. The number of hydrogen-bond acceptors (Lipinski definition) is 1. The van der Waals surface area contributed by atoms with E-state index in [0.717, 1.165) is 19.0 Å². The average molecular weight is 139 g/mol. The molecule has 0 aliphatic carbocycles. The van der Waals surface area contributed by atoms with Crippen LogP contribution in [0, 0.1) is 5.92 Å². The normalized spacial score (nSPS) is 16.5. The first-order valence-corrected chi connectivity index (χ1v) is 3.88. The highest BCUT2D eigenvalue weighted by Crippen LogP contribution is 1.98. The van der Waals surface area contributed by atoms with Gasteiger partial charge in [-0.2, -0.15) is 0 Å². The van der Waals surface area contributed by atoms with Gasteiger partial charge in [-0.3, -0.25) is 0 Å². The average Bonchev–Trinajstić information content (AvgIpc) is 2.34. The third-order valence-corrected chi connectivity index (χ3v) is 1.62. The van der Waals surface area contributed by atoms with Crippen LogP contribution < -0.4 is 0 Å². The molecule has 2 heteroatoms. The van der Waals surface area contributed by atoms with Gasteiger partial charge in [0.05, 0.1) is 6.54 Å². The highest BCUT2D eigenvalue weighted by molar-refractivity contribution is 5.67. The molecular weight excluding hydrogens is 124 g/mol. The topological polar surface area (TPSA) is 15.4 Å². The molecule has 1 aliphatic rings. The van der Waals surface area contributed by atoms with Crippen molar-refractivity contribution < 1.29 is 4.58 Å². The molecule has 0 aromatic heterocycles. The Morgan fingerprint density at radius 2 is 2.40 bits per heavy atom. The van der Waals surface area contributed by atoms with E-state index in [1.807, 2.05) is 6.34 Å². The molecule has 0 N–H and O–H groups in total. The van der Waals surface area contributed by atoms with E-state index >= 15 is 0 Å². The molecule has 10 heavy (non-hydrogen) atoms. The van der Waals surface area contributed by atoms with Gasteiger partial charge < -0.3 is 0 Å². The fourth-order valence-electron chi connectivity index (χ4n) is 0.907. The van der Waals surface area contributed by atoms with E-state index in [0.29, 0.717) is 0 Å². The fraction of sp³-hybridized carbons (Fsp3) is 0.750. The van der Waals surface area contributed by atoms with Crippen LogP contribution in [0.3, 0.4) is 0 Å². The van der Waals surface area contributed by atoms with E-state index in [-0.39, 0.29) is 0 Å². The Hall–Kier alpha value is -0.660. The highest BCUT2D eigenvalue weighted by Gasteiger charge is 2.04. The minimum absolute atomic E-state index is 0.794. The van der Waals surface area contributed by atoms with Crippen LogP contribution in [-0.2, 0) is 0 Å². The van der Waals surface area contributed by atoms with Gasteiger partial charge in [0.25, 0.3) is 6.34 Å². The first-order valence-electron chi connectivity index (χ1n) is 3.88. The lowest BCUT2D eigenvalue weighted by Crippen LogP contribution is -2.11. The fourth-order valence-corrected chi connectivity index (χ4v) is 0.907. The van der Waals surface area contributed by atoms with Crippen LogP contribution in [0.5, 0.6) is 0 Å². The third kappa shape index (κ3) is 2.29. The standard InChI is InChI=1S/C8H15N2/c1-8(2)3-5-10-6-4-9-7-10/h6-8H,3-5H2,1-2H3/q+1. The zero-order valence-electron chi connectivity index (χ0n) is 6.75. The zero-order valence-corrected chi connectivity index (χ0v) is 6.75. The summed E-state index contributed by atoms with van der Waals surface area (Å²) in [5.74, 6) is 0.794. The molecule has 1 heterocycles. The summed E-state index contributed by atoms with van der Waals surface area (Å²) in [6, 6.07) is 0. The predicted molar refractivity (Wildman–Crippen MR) is 44.0 cm³/mol. The molecule has 56 valence electrons. The molecule has 0 unspecified atom stereocenters. The second-order valence-electron chi connectivity index (χ2n) is 3.08. The molecule has 1 aliphatic heterocycles. The summed E-state index contributed by atoms with van der Waals surface area (Å²) in [6.07, 6.45) is 5.30. The summed E-state index contributed by atoms with van der Waals surface area (Å²) in [5, 5.41) is 0. The van der Waals surface area contributed by atoms with Crippen LogP contribution in [-0.4, -0.2) is 30.2 Å². The largest absolute Gasteiger partial charge is 0.280 e. The lowest BCUT2D eigenvalue weighted by Gasteiger charge is -2.00. The first-order chi connectivity index (χ1) is 4.79. The van der Waals surface area contributed by atoms with E-state index in [1.165, 1.54) is 6.42 Å². The second-order valence-corrected chi connectivity index (χ2v) is 3.08. The van der Waals surface area contributed by atoms with Crippen LogP contribution in [0.2, 0.25) is 0 Å². The Morgan fingerprint density at radius 3 is 2.90 bits per heavy atom. The molecule has 0 bridgehead atoms. The van der Waals surface area contributed by atoms with Crippen molar-refractivity contribution in [2.45, 2.75) is 20.3 Å². The van der Waals surface area contributed by atoms with E-state index < -0.39 is 0 Å². The van der Waals surface area contributed by atoms with Gasteiger partial charge in [0.2, 0.25) is 0 Å².